The number of morpholine rings is 1. The van der Waals surface area contributed by atoms with E-state index in [1.54, 1.807) is 0 Å². The molecular formula is C17H17ClN2O7S. The number of nitrogens with zero attached hydrogens (tertiary/aromatic N) is 1. The summed E-state index contributed by atoms with van der Waals surface area (Å²) in [6, 6.07) is 7.01. The zero-order chi connectivity index (χ0) is 20.1. The van der Waals surface area contributed by atoms with E-state index in [9.17, 15) is 18.0 Å². The number of nitrogens with one attached hydrogen (secondary N) is 1. The lowest BCUT2D eigenvalue weighted by Crippen LogP contribution is -2.40. The molecule has 150 valence electrons. The molecule has 1 N–H and O–H groups in total. The third-order valence-corrected chi connectivity index (χ3v) is 6.24. The minimum absolute atomic E-state index is 0.0295. The van der Waals surface area contributed by atoms with Crippen LogP contribution in [0.25, 0.3) is 0 Å². The number of anilines is 1. The molecule has 28 heavy (non-hydrogen) atoms. The molecule has 0 spiro atoms. The van der Waals surface area contributed by atoms with Gasteiger partial charge in [-0.15, -0.1) is 0 Å². The monoisotopic (exact) mass is 428 g/mol. The number of esters is 1. The first-order valence-corrected chi connectivity index (χ1v) is 10.1. The SMILES string of the molecule is O=C(COC(=O)c1ccco1)Nc1ccc(Cl)c(S(=O)(=O)N2CCOCC2)c1. The molecule has 1 aromatic heterocycles. The lowest BCUT2D eigenvalue weighted by atomic mass is 10.3. The van der Waals surface area contributed by atoms with Crippen LogP contribution >= 0.6 is 11.6 Å². The van der Waals surface area contributed by atoms with E-state index in [1.807, 2.05) is 0 Å². The standard InChI is InChI=1S/C17H17ClN2O7S/c18-13-4-3-12(10-15(13)28(23,24)20-5-8-25-9-6-20)19-16(21)11-27-17(22)14-2-1-7-26-14/h1-4,7,10H,5-6,8-9,11H2,(H,19,21). The number of halogens is 1. The fourth-order valence-electron chi connectivity index (χ4n) is 2.50. The molecule has 0 aliphatic carbocycles. The number of hydrogen-bond acceptors (Lipinski definition) is 7. The van der Waals surface area contributed by atoms with Crippen LogP contribution in [0.1, 0.15) is 10.6 Å². The first kappa shape index (κ1) is 20.3. The highest BCUT2D eigenvalue weighted by atomic mass is 35.5. The summed E-state index contributed by atoms with van der Waals surface area (Å²) in [7, 11) is -3.83. The van der Waals surface area contributed by atoms with Crippen molar-refractivity contribution in [3.63, 3.8) is 0 Å². The quantitative estimate of drug-likeness (QED) is 0.697. The maximum absolute atomic E-state index is 12.8. The molecule has 2 heterocycles. The van der Waals surface area contributed by atoms with Crippen molar-refractivity contribution in [1.82, 2.24) is 4.31 Å². The fourth-order valence-corrected chi connectivity index (χ4v) is 4.41. The number of sulfonamides is 1. The molecule has 0 bridgehead atoms. The first-order valence-electron chi connectivity index (χ1n) is 8.26. The second-order valence-corrected chi connectivity index (χ2v) is 8.08. The minimum Gasteiger partial charge on any atom is -0.457 e. The second kappa shape index (κ2) is 8.74. The summed E-state index contributed by atoms with van der Waals surface area (Å²) in [5, 5.41) is 2.51. The minimum atomic E-state index is -3.83. The van der Waals surface area contributed by atoms with Gasteiger partial charge in [0.05, 0.1) is 24.5 Å². The van der Waals surface area contributed by atoms with E-state index in [2.05, 4.69) is 5.32 Å². The van der Waals surface area contributed by atoms with Crippen molar-refractivity contribution in [1.29, 1.82) is 0 Å². The van der Waals surface area contributed by atoms with Crippen LogP contribution in [0.4, 0.5) is 5.69 Å². The largest absolute Gasteiger partial charge is 0.457 e. The summed E-state index contributed by atoms with van der Waals surface area (Å²) in [5.41, 5.74) is 0.204. The van der Waals surface area contributed by atoms with Crippen LogP contribution in [0.2, 0.25) is 5.02 Å². The van der Waals surface area contributed by atoms with Crippen molar-refractivity contribution in [2.24, 2.45) is 0 Å². The van der Waals surface area contributed by atoms with Crippen LogP contribution in [0.5, 0.6) is 0 Å². The van der Waals surface area contributed by atoms with Gasteiger partial charge in [0.2, 0.25) is 15.8 Å². The Balaban J connectivity index is 1.67. The Hall–Kier alpha value is -2.40. The second-order valence-electron chi connectivity index (χ2n) is 5.76. The van der Waals surface area contributed by atoms with Crippen LogP contribution in [0.3, 0.4) is 0 Å². The van der Waals surface area contributed by atoms with Gasteiger partial charge in [-0.1, -0.05) is 11.6 Å². The van der Waals surface area contributed by atoms with Gasteiger partial charge in [0, 0.05) is 18.8 Å². The van der Waals surface area contributed by atoms with E-state index >= 15 is 0 Å². The van der Waals surface area contributed by atoms with Crippen molar-refractivity contribution in [2.45, 2.75) is 4.90 Å². The Kier molecular flexibility index (Phi) is 6.35. The molecule has 2 aromatic rings. The van der Waals surface area contributed by atoms with E-state index in [4.69, 9.17) is 25.5 Å². The molecule has 0 radical (unpaired) electrons. The number of amides is 1. The zero-order valence-corrected chi connectivity index (χ0v) is 16.2. The van der Waals surface area contributed by atoms with Crippen molar-refractivity contribution in [3.8, 4) is 0 Å². The average Bonchev–Trinajstić information content (AvgIpc) is 3.23. The molecule has 1 saturated heterocycles. The van der Waals surface area contributed by atoms with Gasteiger partial charge in [-0.2, -0.15) is 4.31 Å². The molecule has 1 amide bonds. The average molecular weight is 429 g/mol. The predicted molar refractivity (Wildman–Crippen MR) is 98.7 cm³/mol. The Morgan fingerprint density at radius 1 is 1.21 bits per heavy atom. The lowest BCUT2D eigenvalue weighted by Gasteiger charge is -2.26. The smallest absolute Gasteiger partial charge is 0.374 e. The van der Waals surface area contributed by atoms with Crippen LogP contribution in [0.15, 0.2) is 45.9 Å². The maximum Gasteiger partial charge on any atom is 0.374 e. The molecule has 9 nitrogen and oxygen atoms in total. The van der Waals surface area contributed by atoms with Crippen molar-refractivity contribution >= 4 is 39.2 Å². The van der Waals surface area contributed by atoms with E-state index < -0.39 is 28.5 Å². The van der Waals surface area contributed by atoms with Crippen LogP contribution in [-0.4, -0.2) is 57.5 Å². The predicted octanol–water partition coefficient (Wildman–Crippen LogP) is 1.75. The number of benzene rings is 1. The summed E-state index contributed by atoms with van der Waals surface area (Å²) in [4.78, 5) is 23.5. The first-order chi connectivity index (χ1) is 13.4. The highest BCUT2D eigenvalue weighted by Crippen LogP contribution is 2.28. The fraction of sp³-hybridized carbons (Fsp3) is 0.294. The summed E-state index contributed by atoms with van der Waals surface area (Å²) in [5.74, 6) is -1.46. The maximum atomic E-state index is 12.8. The topological polar surface area (TPSA) is 115 Å². The van der Waals surface area contributed by atoms with Gasteiger partial charge in [0.25, 0.3) is 5.91 Å². The molecular weight excluding hydrogens is 412 g/mol. The van der Waals surface area contributed by atoms with Gasteiger partial charge < -0.3 is 19.2 Å². The number of hydrogen-bond donors (Lipinski definition) is 1. The van der Waals surface area contributed by atoms with Gasteiger partial charge >= 0.3 is 5.97 Å². The van der Waals surface area contributed by atoms with Gasteiger partial charge in [-0.05, 0) is 30.3 Å². The van der Waals surface area contributed by atoms with Gasteiger partial charge in [-0.3, -0.25) is 4.79 Å². The normalized spacial score (nSPS) is 15.2. The summed E-state index contributed by atoms with van der Waals surface area (Å²) < 4.78 is 41.7. The Morgan fingerprint density at radius 3 is 2.64 bits per heavy atom. The molecule has 0 unspecified atom stereocenters. The molecule has 0 atom stereocenters. The lowest BCUT2D eigenvalue weighted by molar-refractivity contribution is -0.119. The molecule has 1 aromatic carbocycles. The third-order valence-electron chi connectivity index (χ3n) is 3.86. The molecule has 11 heteroatoms. The highest BCUT2D eigenvalue weighted by Gasteiger charge is 2.28. The van der Waals surface area contributed by atoms with Gasteiger partial charge in [-0.25, -0.2) is 13.2 Å². The summed E-state index contributed by atoms with van der Waals surface area (Å²) in [6.07, 6.45) is 1.31. The van der Waals surface area contributed by atoms with Crippen molar-refractivity contribution in [3.05, 3.63) is 47.4 Å². The molecule has 1 fully saturated rings. The number of carbonyl (C=O) groups excluding carboxylic acids is 2. The van der Waals surface area contributed by atoms with Gasteiger partial charge in [0.1, 0.15) is 4.90 Å². The molecule has 0 saturated carbocycles. The van der Waals surface area contributed by atoms with Crippen LogP contribution in [-0.2, 0) is 24.3 Å². The highest BCUT2D eigenvalue weighted by molar-refractivity contribution is 7.89. The molecule has 1 aliphatic heterocycles. The van der Waals surface area contributed by atoms with Crippen LogP contribution in [0, 0.1) is 0 Å². The van der Waals surface area contributed by atoms with E-state index in [1.165, 1.54) is 40.9 Å². The van der Waals surface area contributed by atoms with Crippen LogP contribution < -0.4 is 5.32 Å². The number of rotatable bonds is 6. The summed E-state index contributed by atoms with van der Waals surface area (Å²) in [6.45, 7) is 0.478. The van der Waals surface area contributed by atoms with Crippen molar-refractivity contribution < 1.29 is 31.9 Å². The van der Waals surface area contributed by atoms with E-state index in [-0.39, 0.29) is 34.5 Å². The van der Waals surface area contributed by atoms with E-state index in [0.717, 1.165) is 0 Å². The van der Waals surface area contributed by atoms with Crippen molar-refractivity contribution in [2.75, 3.05) is 38.2 Å². The number of furan rings is 1. The third kappa shape index (κ3) is 4.71. The Morgan fingerprint density at radius 2 is 1.96 bits per heavy atom. The molecule has 1 aliphatic rings. The summed E-state index contributed by atoms with van der Waals surface area (Å²) >= 11 is 6.07. The zero-order valence-electron chi connectivity index (χ0n) is 14.6. The molecule has 3 rings (SSSR count). The van der Waals surface area contributed by atoms with Gasteiger partial charge in [0.15, 0.2) is 6.61 Å². The Bertz CT molecular complexity index is 954. The Labute approximate surface area is 166 Å². The number of carbonyl (C=O) groups is 2. The number of ether oxygens (including phenoxy) is 2. The van der Waals surface area contributed by atoms with E-state index in [0.29, 0.717) is 13.2 Å².